The van der Waals surface area contributed by atoms with Crippen LogP contribution in [-0.2, 0) is 0 Å². The van der Waals surface area contributed by atoms with Crippen LogP contribution in [0.5, 0.6) is 0 Å². The van der Waals surface area contributed by atoms with Gasteiger partial charge in [-0.05, 0) is 38.4 Å². The van der Waals surface area contributed by atoms with Gasteiger partial charge in [0.15, 0.2) is 0 Å². The van der Waals surface area contributed by atoms with Crippen LogP contribution in [0.2, 0.25) is 0 Å². The SMILES string of the molecule is CCN(CCNC(C)c1ccc(C(=O)O)o1)C1CC1. The molecule has 1 atom stereocenters. The van der Waals surface area contributed by atoms with Crippen molar-refractivity contribution >= 4 is 5.97 Å². The summed E-state index contributed by atoms with van der Waals surface area (Å²) in [7, 11) is 0. The summed E-state index contributed by atoms with van der Waals surface area (Å²) < 4.78 is 5.27. The van der Waals surface area contributed by atoms with Gasteiger partial charge in [0, 0.05) is 19.1 Å². The molecule has 2 N–H and O–H groups in total. The number of carboxylic acids is 1. The Hall–Kier alpha value is -1.33. The summed E-state index contributed by atoms with van der Waals surface area (Å²) >= 11 is 0. The van der Waals surface area contributed by atoms with Crippen LogP contribution >= 0.6 is 0 Å². The smallest absolute Gasteiger partial charge is 0.371 e. The molecule has 19 heavy (non-hydrogen) atoms. The Balaban J connectivity index is 1.76. The second kappa shape index (κ2) is 6.21. The van der Waals surface area contributed by atoms with Crippen molar-refractivity contribution < 1.29 is 14.3 Å². The molecule has 0 aromatic carbocycles. The highest BCUT2D eigenvalue weighted by atomic mass is 16.4. The predicted octanol–water partition coefficient (Wildman–Crippen LogP) is 2.11. The van der Waals surface area contributed by atoms with Crippen LogP contribution in [0.25, 0.3) is 0 Å². The first-order valence-corrected chi connectivity index (χ1v) is 6.92. The zero-order valence-corrected chi connectivity index (χ0v) is 11.6. The Labute approximate surface area is 113 Å². The highest BCUT2D eigenvalue weighted by Gasteiger charge is 2.27. The average molecular weight is 266 g/mol. The van der Waals surface area contributed by atoms with Crippen molar-refractivity contribution in [2.24, 2.45) is 0 Å². The lowest BCUT2D eigenvalue weighted by Gasteiger charge is -2.21. The average Bonchev–Trinajstić information content (AvgIpc) is 3.09. The highest BCUT2D eigenvalue weighted by Crippen LogP contribution is 2.26. The largest absolute Gasteiger partial charge is 0.475 e. The van der Waals surface area contributed by atoms with E-state index in [1.54, 1.807) is 6.07 Å². The molecule has 1 aliphatic rings. The minimum Gasteiger partial charge on any atom is -0.475 e. The lowest BCUT2D eigenvalue weighted by atomic mass is 10.2. The first kappa shape index (κ1) is 14.1. The number of carboxylic acid groups (broad SMARTS) is 1. The van der Waals surface area contributed by atoms with E-state index in [0.29, 0.717) is 5.76 Å². The molecule has 5 nitrogen and oxygen atoms in total. The van der Waals surface area contributed by atoms with Crippen LogP contribution in [0, 0.1) is 0 Å². The predicted molar refractivity (Wildman–Crippen MR) is 72.4 cm³/mol. The Morgan fingerprint density at radius 2 is 2.32 bits per heavy atom. The molecule has 106 valence electrons. The molecule has 1 aromatic rings. The van der Waals surface area contributed by atoms with E-state index >= 15 is 0 Å². The standard InChI is InChI=1S/C14H22N2O3/c1-3-16(11-4-5-11)9-8-15-10(2)12-6-7-13(19-12)14(17)18/h6-7,10-11,15H,3-5,8-9H2,1-2H3,(H,17,18). The Bertz CT molecular complexity index is 426. The molecule has 0 spiro atoms. The van der Waals surface area contributed by atoms with Crippen LogP contribution in [0.15, 0.2) is 16.5 Å². The Kier molecular flexibility index (Phi) is 4.61. The van der Waals surface area contributed by atoms with E-state index in [-0.39, 0.29) is 11.8 Å². The van der Waals surface area contributed by atoms with Gasteiger partial charge in [0.1, 0.15) is 5.76 Å². The van der Waals surface area contributed by atoms with E-state index in [1.807, 2.05) is 6.92 Å². The van der Waals surface area contributed by atoms with E-state index < -0.39 is 5.97 Å². The minimum absolute atomic E-state index is 0.00295. The summed E-state index contributed by atoms with van der Waals surface area (Å²) in [5, 5.41) is 12.2. The van der Waals surface area contributed by atoms with Crippen molar-refractivity contribution in [3.8, 4) is 0 Å². The second-order valence-corrected chi connectivity index (χ2v) is 5.04. The fourth-order valence-electron chi connectivity index (χ4n) is 2.26. The zero-order chi connectivity index (χ0) is 13.8. The van der Waals surface area contributed by atoms with Gasteiger partial charge in [-0.2, -0.15) is 0 Å². The summed E-state index contributed by atoms with van der Waals surface area (Å²) in [5.74, 6) is -0.354. The van der Waals surface area contributed by atoms with E-state index in [4.69, 9.17) is 9.52 Å². The van der Waals surface area contributed by atoms with Crippen molar-refractivity contribution in [1.82, 2.24) is 10.2 Å². The molecule has 1 heterocycles. The van der Waals surface area contributed by atoms with Crippen LogP contribution in [0.4, 0.5) is 0 Å². The zero-order valence-electron chi connectivity index (χ0n) is 11.6. The quantitative estimate of drug-likeness (QED) is 0.754. The fourth-order valence-corrected chi connectivity index (χ4v) is 2.26. The topological polar surface area (TPSA) is 65.7 Å². The molecule has 0 radical (unpaired) electrons. The minimum atomic E-state index is -1.02. The third kappa shape index (κ3) is 3.81. The van der Waals surface area contributed by atoms with Crippen LogP contribution in [0.3, 0.4) is 0 Å². The van der Waals surface area contributed by atoms with E-state index in [2.05, 4.69) is 17.1 Å². The lowest BCUT2D eigenvalue weighted by Crippen LogP contribution is -2.34. The molecule has 2 rings (SSSR count). The first-order chi connectivity index (χ1) is 9.11. The van der Waals surface area contributed by atoms with Crippen molar-refractivity contribution in [1.29, 1.82) is 0 Å². The molecule has 1 aromatic heterocycles. The maximum Gasteiger partial charge on any atom is 0.371 e. The summed E-state index contributed by atoms with van der Waals surface area (Å²) in [6.45, 7) is 7.17. The molecule has 1 saturated carbocycles. The summed E-state index contributed by atoms with van der Waals surface area (Å²) in [4.78, 5) is 13.2. The Morgan fingerprint density at radius 3 is 2.84 bits per heavy atom. The maximum absolute atomic E-state index is 10.7. The van der Waals surface area contributed by atoms with Crippen LogP contribution < -0.4 is 5.32 Å². The van der Waals surface area contributed by atoms with Crippen molar-refractivity contribution in [2.75, 3.05) is 19.6 Å². The number of hydrogen-bond donors (Lipinski definition) is 2. The second-order valence-electron chi connectivity index (χ2n) is 5.04. The van der Waals surface area contributed by atoms with Gasteiger partial charge in [-0.25, -0.2) is 4.79 Å². The van der Waals surface area contributed by atoms with Gasteiger partial charge in [-0.15, -0.1) is 0 Å². The van der Waals surface area contributed by atoms with E-state index in [1.165, 1.54) is 18.9 Å². The molecule has 1 unspecified atom stereocenters. The van der Waals surface area contributed by atoms with Gasteiger partial charge in [0.25, 0.3) is 0 Å². The van der Waals surface area contributed by atoms with Gasteiger partial charge in [0.05, 0.1) is 6.04 Å². The van der Waals surface area contributed by atoms with Gasteiger partial charge in [-0.3, -0.25) is 4.90 Å². The number of furan rings is 1. The lowest BCUT2D eigenvalue weighted by molar-refractivity contribution is 0.0659. The van der Waals surface area contributed by atoms with Crippen molar-refractivity contribution in [3.63, 3.8) is 0 Å². The number of likely N-dealkylation sites (N-methyl/N-ethyl adjacent to an activating group) is 1. The summed E-state index contributed by atoms with van der Waals surface area (Å²) in [6, 6.07) is 4.04. The molecule has 0 amide bonds. The number of nitrogens with one attached hydrogen (secondary N) is 1. The number of rotatable bonds is 8. The van der Waals surface area contributed by atoms with Crippen molar-refractivity contribution in [2.45, 2.75) is 38.8 Å². The van der Waals surface area contributed by atoms with Crippen LogP contribution in [-0.4, -0.2) is 41.7 Å². The molecule has 0 aliphatic heterocycles. The Morgan fingerprint density at radius 1 is 1.58 bits per heavy atom. The number of hydrogen-bond acceptors (Lipinski definition) is 4. The summed E-state index contributed by atoms with van der Waals surface area (Å²) in [6.07, 6.45) is 2.65. The normalized spacial score (nSPS) is 16.8. The number of aromatic carboxylic acids is 1. The molecule has 0 bridgehead atoms. The van der Waals surface area contributed by atoms with Gasteiger partial charge in [0.2, 0.25) is 5.76 Å². The molecule has 1 aliphatic carbocycles. The van der Waals surface area contributed by atoms with Gasteiger partial charge >= 0.3 is 5.97 Å². The van der Waals surface area contributed by atoms with Gasteiger partial charge < -0.3 is 14.8 Å². The summed E-state index contributed by atoms with van der Waals surface area (Å²) in [5.41, 5.74) is 0. The van der Waals surface area contributed by atoms with Crippen molar-refractivity contribution in [3.05, 3.63) is 23.7 Å². The third-order valence-corrected chi connectivity index (χ3v) is 3.58. The fraction of sp³-hybridized carbons (Fsp3) is 0.643. The molecule has 5 heteroatoms. The number of nitrogens with zero attached hydrogens (tertiary/aromatic N) is 1. The van der Waals surface area contributed by atoms with Crippen LogP contribution in [0.1, 0.15) is 49.0 Å². The van der Waals surface area contributed by atoms with E-state index in [0.717, 1.165) is 25.7 Å². The molecular weight excluding hydrogens is 244 g/mol. The van der Waals surface area contributed by atoms with Gasteiger partial charge in [-0.1, -0.05) is 6.92 Å². The third-order valence-electron chi connectivity index (χ3n) is 3.58. The monoisotopic (exact) mass is 266 g/mol. The first-order valence-electron chi connectivity index (χ1n) is 6.92. The molecular formula is C14H22N2O3. The van der Waals surface area contributed by atoms with E-state index in [9.17, 15) is 4.79 Å². The molecule has 0 saturated heterocycles. The number of carbonyl (C=O) groups is 1. The maximum atomic E-state index is 10.7. The highest BCUT2D eigenvalue weighted by molar-refractivity contribution is 5.84. The molecule has 1 fully saturated rings.